The lowest BCUT2D eigenvalue weighted by Crippen LogP contribution is -1.96. The monoisotopic (exact) mass is 558 g/mol. The first kappa shape index (κ1) is 23.8. The van der Waals surface area contributed by atoms with Gasteiger partial charge in [-0.3, -0.25) is 25.2 Å². The molecule has 0 amide bonds. The van der Waals surface area contributed by atoms with Crippen molar-refractivity contribution in [2.45, 2.75) is 0 Å². The first-order chi connectivity index (χ1) is 17.9. The van der Waals surface area contributed by atoms with Crippen LogP contribution in [0, 0.1) is 20.2 Å². The zero-order chi connectivity index (χ0) is 25.9. The van der Waals surface area contributed by atoms with Crippen molar-refractivity contribution in [2.24, 2.45) is 4.99 Å². The number of oxazole rings is 1. The second kappa shape index (κ2) is 9.99. The van der Waals surface area contributed by atoms with Gasteiger partial charge in [0.1, 0.15) is 11.3 Å². The van der Waals surface area contributed by atoms with Crippen LogP contribution in [0.4, 0.5) is 17.1 Å². The van der Waals surface area contributed by atoms with E-state index in [0.29, 0.717) is 32.9 Å². The Balaban J connectivity index is 1.35. The lowest BCUT2D eigenvalue weighted by molar-refractivity contribution is -0.394. The van der Waals surface area contributed by atoms with Gasteiger partial charge >= 0.3 is 5.69 Å². The normalized spacial score (nSPS) is 11.2. The van der Waals surface area contributed by atoms with Crippen molar-refractivity contribution >= 4 is 50.3 Å². The van der Waals surface area contributed by atoms with Crippen LogP contribution in [0.3, 0.4) is 0 Å². The van der Waals surface area contributed by atoms with Crippen LogP contribution in [0.5, 0.6) is 11.5 Å². The van der Waals surface area contributed by atoms with Crippen molar-refractivity contribution < 1.29 is 19.0 Å². The van der Waals surface area contributed by atoms with Gasteiger partial charge in [-0.25, -0.2) is 4.98 Å². The summed E-state index contributed by atoms with van der Waals surface area (Å²) in [7, 11) is 0. The second-order valence-electron chi connectivity index (χ2n) is 7.75. The minimum absolute atomic E-state index is 0.117. The molecule has 0 atom stereocenters. The summed E-state index contributed by atoms with van der Waals surface area (Å²) in [6.45, 7) is 0. The molecule has 0 saturated carbocycles. The summed E-state index contributed by atoms with van der Waals surface area (Å²) in [5.74, 6) is 0.713. The number of rotatable bonds is 7. The number of aromatic nitrogens is 1. The van der Waals surface area contributed by atoms with Crippen LogP contribution in [0.15, 0.2) is 98.8 Å². The van der Waals surface area contributed by atoms with Gasteiger partial charge < -0.3 is 9.15 Å². The summed E-state index contributed by atoms with van der Waals surface area (Å²) in [4.78, 5) is 29.9. The molecule has 5 rings (SSSR count). The molecule has 0 unspecified atom stereocenters. The van der Waals surface area contributed by atoms with Crippen LogP contribution in [0.25, 0.3) is 22.6 Å². The van der Waals surface area contributed by atoms with Gasteiger partial charge in [0, 0.05) is 17.8 Å². The summed E-state index contributed by atoms with van der Waals surface area (Å²) < 4.78 is 12.0. The molecule has 0 aliphatic rings. The number of non-ortho nitro benzene ring substituents is 1. The maximum Gasteiger partial charge on any atom is 0.318 e. The topological polar surface area (TPSA) is 134 Å². The Morgan fingerprint density at radius 2 is 1.68 bits per heavy atom. The highest BCUT2D eigenvalue weighted by atomic mass is 79.9. The summed E-state index contributed by atoms with van der Waals surface area (Å²) in [6.07, 6.45) is 1.65. The van der Waals surface area contributed by atoms with Gasteiger partial charge in [0.25, 0.3) is 5.69 Å². The molecule has 11 heteroatoms. The average Bonchev–Trinajstić information content (AvgIpc) is 3.33. The molecule has 37 heavy (non-hydrogen) atoms. The molecule has 182 valence electrons. The predicted octanol–water partition coefficient (Wildman–Crippen LogP) is 7.62. The molecule has 0 radical (unpaired) electrons. The van der Waals surface area contributed by atoms with E-state index in [2.05, 4.69) is 25.9 Å². The number of hydrogen-bond donors (Lipinski definition) is 0. The Bertz CT molecular complexity index is 1680. The summed E-state index contributed by atoms with van der Waals surface area (Å²) in [5, 5.41) is 22.3. The lowest BCUT2D eigenvalue weighted by Gasteiger charge is -2.08. The van der Waals surface area contributed by atoms with E-state index in [-0.39, 0.29) is 5.75 Å². The van der Waals surface area contributed by atoms with Crippen LogP contribution in [0.2, 0.25) is 0 Å². The van der Waals surface area contributed by atoms with Crippen LogP contribution < -0.4 is 4.74 Å². The van der Waals surface area contributed by atoms with Crippen LogP contribution in [-0.4, -0.2) is 21.0 Å². The van der Waals surface area contributed by atoms with Crippen LogP contribution in [-0.2, 0) is 0 Å². The van der Waals surface area contributed by atoms with Crippen molar-refractivity contribution in [1.82, 2.24) is 4.98 Å². The standard InChI is InChI=1S/C26H15BrN4O6/c27-20-12-16(6-9-23(20)36-25-11-8-19(30(32)33)14-22(25)31(34)35)15-28-18-7-10-24-21(13-18)29-26(37-24)17-4-2-1-3-5-17/h1-15H. The zero-order valence-electron chi connectivity index (χ0n) is 18.8. The minimum atomic E-state index is -0.730. The van der Waals surface area contributed by atoms with E-state index < -0.39 is 21.2 Å². The molecule has 1 heterocycles. The molecule has 4 aromatic carbocycles. The van der Waals surface area contributed by atoms with Crippen molar-refractivity contribution in [3.05, 3.63) is 115 Å². The van der Waals surface area contributed by atoms with E-state index >= 15 is 0 Å². The third-order valence-electron chi connectivity index (χ3n) is 5.28. The third kappa shape index (κ3) is 5.21. The number of hydrogen-bond acceptors (Lipinski definition) is 8. The van der Waals surface area contributed by atoms with Gasteiger partial charge in [-0.1, -0.05) is 18.2 Å². The van der Waals surface area contributed by atoms with Crippen molar-refractivity contribution in [2.75, 3.05) is 0 Å². The molecule has 0 N–H and O–H groups in total. The van der Waals surface area contributed by atoms with Gasteiger partial charge in [0.15, 0.2) is 5.58 Å². The van der Waals surface area contributed by atoms with E-state index in [4.69, 9.17) is 9.15 Å². The highest BCUT2D eigenvalue weighted by Gasteiger charge is 2.21. The Hall–Kier alpha value is -4.90. The number of ether oxygens (including phenoxy) is 1. The fourth-order valence-electron chi connectivity index (χ4n) is 3.50. The third-order valence-corrected chi connectivity index (χ3v) is 5.90. The number of aliphatic imine (C=N–C) groups is 1. The molecular formula is C26H15BrN4O6. The summed E-state index contributed by atoms with van der Waals surface area (Å²) in [6, 6.07) is 23.3. The summed E-state index contributed by atoms with van der Waals surface area (Å²) in [5.41, 5.74) is 2.73. The Morgan fingerprint density at radius 3 is 2.41 bits per heavy atom. The predicted molar refractivity (Wildman–Crippen MR) is 141 cm³/mol. The molecular weight excluding hydrogens is 544 g/mol. The first-order valence-electron chi connectivity index (χ1n) is 10.8. The number of nitro benzene ring substituents is 2. The van der Waals surface area contributed by atoms with E-state index in [0.717, 1.165) is 23.3 Å². The molecule has 0 saturated heterocycles. The average molecular weight is 559 g/mol. The van der Waals surface area contributed by atoms with Crippen LogP contribution >= 0.6 is 15.9 Å². The number of nitro groups is 2. The van der Waals surface area contributed by atoms with E-state index in [1.807, 2.05) is 48.5 Å². The second-order valence-corrected chi connectivity index (χ2v) is 8.61. The van der Waals surface area contributed by atoms with Gasteiger partial charge in [-0.15, -0.1) is 0 Å². The highest BCUT2D eigenvalue weighted by Crippen LogP contribution is 2.37. The minimum Gasteiger partial charge on any atom is -0.449 e. The quantitative estimate of drug-likeness (QED) is 0.114. The molecule has 0 spiro atoms. The number of nitrogens with zero attached hydrogens (tertiary/aromatic N) is 4. The zero-order valence-corrected chi connectivity index (χ0v) is 20.4. The molecule has 10 nitrogen and oxygen atoms in total. The molecule has 0 aliphatic carbocycles. The SMILES string of the molecule is O=[N+]([O-])c1ccc(Oc2ccc(C=Nc3ccc4oc(-c5ccccc5)nc4c3)cc2Br)c([N+](=O)[O-])c1. The van der Waals surface area contributed by atoms with Crippen LogP contribution in [0.1, 0.15) is 5.56 Å². The number of fused-ring (bicyclic) bond motifs is 1. The molecule has 5 aromatic rings. The lowest BCUT2D eigenvalue weighted by atomic mass is 10.2. The van der Waals surface area contributed by atoms with Gasteiger partial charge in [-0.05, 0) is 76.1 Å². The van der Waals surface area contributed by atoms with E-state index in [1.165, 1.54) is 6.07 Å². The summed E-state index contributed by atoms with van der Waals surface area (Å²) >= 11 is 3.40. The molecule has 1 aromatic heterocycles. The number of halogens is 1. The fourth-order valence-corrected chi connectivity index (χ4v) is 3.97. The number of benzene rings is 4. The van der Waals surface area contributed by atoms with Gasteiger partial charge in [-0.2, -0.15) is 0 Å². The van der Waals surface area contributed by atoms with Gasteiger partial charge in [0.2, 0.25) is 11.6 Å². The van der Waals surface area contributed by atoms with E-state index in [1.54, 1.807) is 24.4 Å². The Labute approximate surface area is 217 Å². The first-order valence-corrected chi connectivity index (χ1v) is 11.6. The van der Waals surface area contributed by atoms with Crippen molar-refractivity contribution in [3.63, 3.8) is 0 Å². The molecule has 0 aliphatic heterocycles. The largest absolute Gasteiger partial charge is 0.449 e. The molecule has 0 fully saturated rings. The fraction of sp³-hybridized carbons (Fsp3) is 0. The van der Waals surface area contributed by atoms with Crippen molar-refractivity contribution in [3.8, 4) is 23.0 Å². The van der Waals surface area contributed by atoms with E-state index in [9.17, 15) is 20.2 Å². The van der Waals surface area contributed by atoms with Gasteiger partial charge in [0.05, 0.1) is 26.1 Å². The Kier molecular flexibility index (Phi) is 6.43. The van der Waals surface area contributed by atoms with Crippen molar-refractivity contribution in [1.29, 1.82) is 0 Å². The maximum absolute atomic E-state index is 11.4. The highest BCUT2D eigenvalue weighted by molar-refractivity contribution is 9.10. The Morgan fingerprint density at radius 1 is 0.892 bits per heavy atom. The molecule has 0 bridgehead atoms. The maximum atomic E-state index is 11.4. The smallest absolute Gasteiger partial charge is 0.318 e.